The average molecular weight is 231 g/mol. The van der Waals surface area contributed by atoms with E-state index < -0.39 is 11.6 Å². The lowest BCUT2D eigenvalue weighted by atomic mass is 10.1. The van der Waals surface area contributed by atoms with Gasteiger partial charge in [0.25, 0.3) is 0 Å². The third-order valence-electron chi connectivity index (χ3n) is 1.78. The van der Waals surface area contributed by atoms with Crippen LogP contribution in [-0.2, 0) is 16.6 Å². The molecule has 0 aliphatic rings. The number of methoxy groups -OCH3 is 1. The lowest BCUT2D eigenvalue weighted by molar-refractivity contribution is -0.158. The molecular formula is C8H13N3O3S. The van der Waals surface area contributed by atoms with Gasteiger partial charge in [0.15, 0.2) is 10.8 Å². The summed E-state index contributed by atoms with van der Waals surface area (Å²) in [6.45, 7) is 1.40. The first-order valence-electron chi connectivity index (χ1n) is 4.25. The Kier molecular flexibility index (Phi) is 3.70. The van der Waals surface area contributed by atoms with Gasteiger partial charge in [-0.05, 0) is 6.92 Å². The lowest BCUT2D eigenvalue weighted by Crippen LogP contribution is -2.38. The molecule has 1 aromatic rings. The van der Waals surface area contributed by atoms with Crippen molar-refractivity contribution in [3.63, 3.8) is 0 Å². The summed E-state index contributed by atoms with van der Waals surface area (Å²) in [5, 5.41) is 14.2. The van der Waals surface area contributed by atoms with Gasteiger partial charge in [-0.15, -0.1) is 0 Å². The van der Waals surface area contributed by atoms with E-state index in [1.54, 1.807) is 11.7 Å². The molecule has 84 valence electrons. The molecule has 1 N–H and O–H groups in total. The Hall–Kier alpha value is -1.08. The van der Waals surface area contributed by atoms with Gasteiger partial charge in [-0.2, -0.15) is 5.10 Å². The highest BCUT2D eigenvalue weighted by molar-refractivity contribution is 7.99. The maximum atomic E-state index is 11.1. The molecule has 0 radical (unpaired) electrons. The van der Waals surface area contributed by atoms with Crippen LogP contribution in [0.25, 0.3) is 0 Å². The molecule has 0 aliphatic heterocycles. The molecule has 0 amide bonds. The number of ether oxygens (including phenoxy) is 1. The first-order chi connectivity index (χ1) is 6.97. The van der Waals surface area contributed by atoms with Gasteiger partial charge in [0.05, 0.1) is 7.11 Å². The number of thioether (sulfide) groups is 1. The van der Waals surface area contributed by atoms with E-state index in [0.29, 0.717) is 5.16 Å². The van der Waals surface area contributed by atoms with Crippen LogP contribution in [0, 0.1) is 0 Å². The van der Waals surface area contributed by atoms with E-state index in [4.69, 9.17) is 0 Å². The van der Waals surface area contributed by atoms with Crippen LogP contribution in [0.1, 0.15) is 6.92 Å². The number of hydrogen-bond donors (Lipinski definition) is 1. The van der Waals surface area contributed by atoms with Gasteiger partial charge in [-0.25, -0.2) is 14.5 Å². The summed E-state index contributed by atoms with van der Waals surface area (Å²) in [4.78, 5) is 15.1. The number of aliphatic hydroxyl groups is 1. The molecule has 0 saturated heterocycles. The molecule has 0 aromatic carbocycles. The Morgan fingerprint density at radius 3 is 2.93 bits per heavy atom. The number of hydrogen-bond acceptors (Lipinski definition) is 6. The Morgan fingerprint density at radius 2 is 2.47 bits per heavy atom. The van der Waals surface area contributed by atoms with Crippen molar-refractivity contribution in [3.05, 3.63) is 6.33 Å². The van der Waals surface area contributed by atoms with Gasteiger partial charge in [-0.3, -0.25) is 0 Å². The predicted molar refractivity (Wildman–Crippen MR) is 54.4 cm³/mol. The summed E-state index contributed by atoms with van der Waals surface area (Å²) in [5.41, 5.74) is -1.51. The Balaban J connectivity index is 2.57. The first-order valence-corrected chi connectivity index (χ1v) is 5.23. The Morgan fingerprint density at radius 1 is 1.80 bits per heavy atom. The van der Waals surface area contributed by atoms with Crippen molar-refractivity contribution < 1.29 is 14.6 Å². The number of esters is 1. The summed E-state index contributed by atoms with van der Waals surface area (Å²) in [6.07, 6.45) is 1.41. The second kappa shape index (κ2) is 4.63. The predicted octanol–water partition coefficient (Wildman–Crippen LogP) is -0.169. The molecule has 7 heteroatoms. The van der Waals surface area contributed by atoms with Gasteiger partial charge < -0.3 is 9.84 Å². The lowest BCUT2D eigenvalue weighted by Gasteiger charge is -2.18. The van der Waals surface area contributed by atoms with Crippen LogP contribution in [0.3, 0.4) is 0 Å². The average Bonchev–Trinajstić information content (AvgIpc) is 2.60. The zero-order valence-electron chi connectivity index (χ0n) is 8.80. The van der Waals surface area contributed by atoms with E-state index in [1.807, 2.05) is 0 Å². The molecule has 0 fully saturated rings. The van der Waals surface area contributed by atoms with E-state index in [-0.39, 0.29) is 5.75 Å². The minimum atomic E-state index is -1.51. The first kappa shape index (κ1) is 12.0. The molecule has 15 heavy (non-hydrogen) atoms. The molecule has 1 atom stereocenters. The largest absolute Gasteiger partial charge is 0.467 e. The number of rotatable bonds is 4. The van der Waals surface area contributed by atoms with Crippen LogP contribution >= 0.6 is 11.8 Å². The van der Waals surface area contributed by atoms with Crippen molar-refractivity contribution in [2.45, 2.75) is 17.7 Å². The van der Waals surface area contributed by atoms with Crippen LogP contribution in [0.2, 0.25) is 0 Å². The van der Waals surface area contributed by atoms with Crippen molar-refractivity contribution in [1.82, 2.24) is 14.8 Å². The SMILES string of the molecule is COC(=O)C(C)(O)CSc1ncnn1C. The summed E-state index contributed by atoms with van der Waals surface area (Å²) in [7, 11) is 2.98. The van der Waals surface area contributed by atoms with Crippen molar-refractivity contribution in [3.8, 4) is 0 Å². The van der Waals surface area contributed by atoms with Crippen LogP contribution in [-0.4, -0.2) is 44.3 Å². The van der Waals surface area contributed by atoms with Crippen molar-refractivity contribution in [2.75, 3.05) is 12.9 Å². The van der Waals surface area contributed by atoms with Gasteiger partial charge in [0, 0.05) is 12.8 Å². The van der Waals surface area contributed by atoms with Crippen molar-refractivity contribution in [1.29, 1.82) is 0 Å². The van der Waals surface area contributed by atoms with E-state index in [9.17, 15) is 9.90 Å². The van der Waals surface area contributed by atoms with Gasteiger partial charge >= 0.3 is 5.97 Å². The number of nitrogens with zero attached hydrogens (tertiary/aromatic N) is 3. The minimum Gasteiger partial charge on any atom is -0.467 e. The quantitative estimate of drug-likeness (QED) is 0.572. The molecule has 0 saturated carbocycles. The molecule has 1 heterocycles. The molecule has 0 bridgehead atoms. The highest BCUT2D eigenvalue weighted by Gasteiger charge is 2.31. The van der Waals surface area contributed by atoms with E-state index in [2.05, 4.69) is 14.8 Å². The fourth-order valence-electron chi connectivity index (χ4n) is 0.900. The van der Waals surface area contributed by atoms with Crippen molar-refractivity contribution >= 4 is 17.7 Å². The molecular weight excluding hydrogens is 218 g/mol. The van der Waals surface area contributed by atoms with Crippen LogP contribution in [0.4, 0.5) is 0 Å². The topological polar surface area (TPSA) is 77.2 Å². The minimum absolute atomic E-state index is 0.173. The third kappa shape index (κ3) is 2.93. The summed E-state index contributed by atoms with van der Waals surface area (Å²) < 4.78 is 6.04. The van der Waals surface area contributed by atoms with Crippen LogP contribution in [0.5, 0.6) is 0 Å². The number of aromatic nitrogens is 3. The van der Waals surface area contributed by atoms with Gasteiger partial charge in [0.1, 0.15) is 6.33 Å². The molecule has 1 unspecified atom stereocenters. The maximum Gasteiger partial charge on any atom is 0.338 e. The zero-order chi connectivity index (χ0) is 11.5. The molecule has 6 nitrogen and oxygen atoms in total. The van der Waals surface area contributed by atoms with E-state index in [1.165, 1.54) is 32.1 Å². The second-order valence-corrected chi connectivity index (χ2v) is 4.16. The third-order valence-corrected chi connectivity index (χ3v) is 3.11. The van der Waals surface area contributed by atoms with Crippen LogP contribution < -0.4 is 0 Å². The number of carbonyl (C=O) groups is 1. The Bertz CT molecular complexity index is 351. The standard InChI is InChI=1S/C8H13N3O3S/c1-8(13,6(12)14-3)4-15-7-9-5-10-11(7)2/h5,13H,4H2,1-3H3. The zero-order valence-corrected chi connectivity index (χ0v) is 9.61. The second-order valence-electron chi connectivity index (χ2n) is 3.22. The maximum absolute atomic E-state index is 11.1. The fourth-order valence-corrected chi connectivity index (χ4v) is 1.78. The van der Waals surface area contributed by atoms with E-state index in [0.717, 1.165) is 0 Å². The smallest absolute Gasteiger partial charge is 0.338 e. The van der Waals surface area contributed by atoms with E-state index >= 15 is 0 Å². The molecule has 1 aromatic heterocycles. The monoisotopic (exact) mass is 231 g/mol. The summed E-state index contributed by atoms with van der Waals surface area (Å²) in [6, 6.07) is 0. The highest BCUT2D eigenvalue weighted by atomic mass is 32.2. The summed E-state index contributed by atoms with van der Waals surface area (Å²) in [5.74, 6) is -0.483. The molecule has 0 spiro atoms. The summed E-state index contributed by atoms with van der Waals surface area (Å²) >= 11 is 1.24. The number of aryl methyl sites for hydroxylation is 1. The van der Waals surface area contributed by atoms with Gasteiger partial charge in [-0.1, -0.05) is 11.8 Å². The highest BCUT2D eigenvalue weighted by Crippen LogP contribution is 2.20. The molecule has 1 rings (SSSR count). The Labute approximate surface area is 91.6 Å². The fraction of sp³-hybridized carbons (Fsp3) is 0.625. The number of carbonyl (C=O) groups excluding carboxylic acids is 1. The van der Waals surface area contributed by atoms with Crippen LogP contribution in [0.15, 0.2) is 11.5 Å². The van der Waals surface area contributed by atoms with Gasteiger partial charge in [0.2, 0.25) is 0 Å². The normalized spacial score (nSPS) is 14.7. The molecule has 0 aliphatic carbocycles. The van der Waals surface area contributed by atoms with Crippen molar-refractivity contribution in [2.24, 2.45) is 7.05 Å².